The molecule has 16 heavy (non-hydrogen) atoms. The van der Waals surface area contributed by atoms with Crippen LogP contribution in [0.15, 0.2) is 0 Å². The zero-order chi connectivity index (χ0) is 11.4. The zero-order valence-corrected chi connectivity index (χ0v) is 9.86. The highest BCUT2D eigenvalue weighted by Gasteiger charge is 2.34. The van der Waals surface area contributed by atoms with E-state index in [0.717, 1.165) is 51.8 Å². The van der Waals surface area contributed by atoms with Crippen molar-refractivity contribution in [1.29, 1.82) is 0 Å². The lowest BCUT2D eigenvalue weighted by atomic mass is 10.0. The molecule has 0 aromatic heterocycles. The zero-order valence-electron chi connectivity index (χ0n) is 9.86. The van der Waals surface area contributed by atoms with Gasteiger partial charge in [-0.2, -0.15) is 0 Å². The van der Waals surface area contributed by atoms with E-state index in [9.17, 15) is 4.79 Å². The van der Waals surface area contributed by atoms with E-state index >= 15 is 0 Å². The summed E-state index contributed by atoms with van der Waals surface area (Å²) in [6, 6.07) is 0.441. The molecule has 0 spiro atoms. The third-order valence-electron chi connectivity index (χ3n) is 3.68. The highest BCUT2D eigenvalue weighted by molar-refractivity contribution is 5.79. The number of nitrogens with two attached hydrogens (primary N) is 1. The van der Waals surface area contributed by atoms with E-state index in [4.69, 9.17) is 10.5 Å². The van der Waals surface area contributed by atoms with Gasteiger partial charge in [0.05, 0.1) is 12.5 Å². The Morgan fingerprint density at radius 1 is 1.44 bits per heavy atom. The minimum absolute atomic E-state index is 0.124. The highest BCUT2D eigenvalue weighted by Crippen LogP contribution is 2.25. The van der Waals surface area contributed by atoms with Crippen LogP contribution in [0.1, 0.15) is 32.1 Å². The second kappa shape index (κ2) is 5.64. The second-order valence-corrected chi connectivity index (χ2v) is 4.82. The van der Waals surface area contributed by atoms with Gasteiger partial charge in [-0.3, -0.25) is 4.79 Å². The summed E-state index contributed by atoms with van der Waals surface area (Å²) in [5, 5.41) is 0. The van der Waals surface area contributed by atoms with Crippen LogP contribution in [0.4, 0.5) is 0 Å². The predicted molar refractivity (Wildman–Crippen MR) is 61.9 cm³/mol. The highest BCUT2D eigenvalue weighted by atomic mass is 16.5. The van der Waals surface area contributed by atoms with Crippen LogP contribution in [0.3, 0.4) is 0 Å². The molecule has 2 aliphatic rings. The van der Waals surface area contributed by atoms with Crippen LogP contribution in [0, 0.1) is 5.92 Å². The van der Waals surface area contributed by atoms with Crippen LogP contribution in [0.5, 0.6) is 0 Å². The van der Waals surface area contributed by atoms with Crippen molar-refractivity contribution in [3.05, 3.63) is 0 Å². The lowest BCUT2D eigenvalue weighted by Crippen LogP contribution is -2.40. The molecule has 0 radical (unpaired) electrons. The van der Waals surface area contributed by atoms with Crippen molar-refractivity contribution in [2.45, 2.75) is 38.1 Å². The van der Waals surface area contributed by atoms with E-state index in [-0.39, 0.29) is 5.92 Å². The van der Waals surface area contributed by atoms with Crippen LogP contribution in [-0.2, 0) is 9.53 Å². The molecule has 0 aromatic carbocycles. The Bertz CT molecular complexity index is 239. The molecule has 2 saturated heterocycles. The van der Waals surface area contributed by atoms with Gasteiger partial charge in [0.15, 0.2) is 0 Å². The third-order valence-corrected chi connectivity index (χ3v) is 3.68. The maximum atomic E-state index is 12.2. The van der Waals surface area contributed by atoms with Crippen LogP contribution >= 0.6 is 0 Å². The van der Waals surface area contributed by atoms with Gasteiger partial charge in [-0.15, -0.1) is 0 Å². The van der Waals surface area contributed by atoms with E-state index in [1.165, 1.54) is 0 Å². The Morgan fingerprint density at radius 3 is 3.00 bits per heavy atom. The summed E-state index contributed by atoms with van der Waals surface area (Å²) < 4.78 is 5.29. The number of hydrogen-bond acceptors (Lipinski definition) is 3. The fraction of sp³-hybridized carbons (Fsp3) is 0.917. The van der Waals surface area contributed by atoms with E-state index < -0.39 is 0 Å². The summed E-state index contributed by atoms with van der Waals surface area (Å²) in [5.41, 5.74) is 5.53. The fourth-order valence-electron chi connectivity index (χ4n) is 2.74. The molecule has 0 aliphatic carbocycles. The molecular formula is C12H22N2O2. The molecule has 0 bridgehead atoms. The number of hydrogen-bond donors (Lipinski definition) is 1. The molecule has 0 aromatic rings. The standard InChI is InChI=1S/C12H22N2O2/c13-6-1-3-11-4-2-7-14(11)12(15)10-5-8-16-9-10/h10-11H,1-9,13H2. The summed E-state index contributed by atoms with van der Waals surface area (Å²) >= 11 is 0. The monoisotopic (exact) mass is 226 g/mol. The summed E-state index contributed by atoms with van der Waals surface area (Å²) in [6.07, 6.45) is 5.29. The number of carbonyl (C=O) groups excluding carboxylic acids is 1. The fourth-order valence-corrected chi connectivity index (χ4v) is 2.74. The van der Waals surface area contributed by atoms with Crippen LogP contribution in [0.2, 0.25) is 0 Å². The first-order valence-corrected chi connectivity index (χ1v) is 6.41. The third kappa shape index (κ3) is 2.55. The van der Waals surface area contributed by atoms with E-state index in [2.05, 4.69) is 4.90 Å². The summed E-state index contributed by atoms with van der Waals surface area (Å²) in [7, 11) is 0. The normalized spacial score (nSPS) is 29.9. The Labute approximate surface area is 97.1 Å². The lowest BCUT2D eigenvalue weighted by Gasteiger charge is -2.26. The number of ether oxygens (including phenoxy) is 1. The molecule has 2 atom stereocenters. The van der Waals surface area contributed by atoms with Crippen LogP contribution < -0.4 is 5.73 Å². The van der Waals surface area contributed by atoms with Crippen LogP contribution in [0.25, 0.3) is 0 Å². The Balaban J connectivity index is 1.88. The molecule has 2 rings (SSSR count). The number of likely N-dealkylation sites (tertiary alicyclic amines) is 1. The van der Waals surface area contributed by atoms with Gasteiger partial charge in [-0.25, -0.2) is 0 Å². The van der Waals surface area contributed by atoms with Gasteiger partial charge in [-0.1, -0.05) is 0 Å². The van der Waals surface area contributed by atoms with Crippen LogP contribution in [-0.4, -0.2) is 43.2 Å². The van der Waals surface area contributed by atoms with Gasteiger partial charge in [0, 0.05) is 19.2 Å². The van der Waals surface area contributed by atoms with Crippen molar-refractivity contribution in [2.24, 2.45) is 11.7 Å². The smallest absolute Gasteiger partial charge is 0.228 e. The van der Waals surface area contributed by atoms with Crippen molar-refractivity contribution in [3.8, 4) is 0 Å². The molecular weight excluding hydrogens is 204 g/mol. The minimum Gasteiger partial charge on any atom is -0.381 e. The number of rotatable bonds is 4. The Kier molecular flexibility index (Phi) is 4.18. The van der Waals surface area contributed by atoms with Gasteiger partial charge < -0.3 is 15.4 Å². The lowest BCUT2D eigenvalue weighted by molar-refractivity contribution is -0.136. The van der Waals surface area contributed by atoms with E-state index in [0.29, 0.717) is 18.6 Å². The molecule has 2 heterocycles. The number of carbonyl (C=O) groups is 1. The van der Waals surface area contributed by atoms with E-state index in [1.807, 2.05) is 0 Å². The van der Waals surface area contributed by atoms with E-state index in [1.54, 1.807) is 0 Å². The molecule has 0 saturated carbocycles. The van der Waals surface area contributed by atoms with Gasteiger partial charge >= 0.3 is 0 Å². The van der Waals surface area contributed by atoms with Gasteiger partial charge in [0.1, 0.15) is 0 Å². The van der Waals surface area contributed by atoms with Crippen molar-refractivity contribution in [3.63, 3.8) is 0 Å². The maximum Gasteiger partial charge on any atom is 0.228 e. The minimum atomic E-state index is 0.124. The van der Waals surface area contributed by atoms with Gasteiger partial charge in [0.25, 0.3) is 0 Å². The molecule has 92 valence electrons. The van der Waals surface area contributed by atoms with Crippen molar-refractivity contribution in [1.82, 2.24) is 4.90 Å². The first-order chi connectivity index (χ1) is 7.83. The van der Waals surface area contributed by atoms with Crippen molar-refractivity contribution in [2.75, 3.05) is 26.3 Å². The molecule has 2 N–H and O–H groups in total. The van der Waals surface area contributed by atoms with Gasteiger partial charge in [-0.05, 0) is 38.6 Å². The first-order valence-electron chi connectivity index (χ1n) is 6.41. The maximum absolute atomic E-state index is 12.2. The number of nitrogens with zero attached hydrogens (tertiary/aromatic N) is 1. The van der Waals surface area contributed by atoms with Crippen molar-refractivity contribution >= 4 is 5.91 Å². The number of amides is 1. The van der Waals surface area contributed by atoms with Crippen molar-refractivity contribution < 1.29 is 9.53 Å². The quantitative estimate of drug-likeness (QED) is 0.769. The molecule has 4 nitrogen and oxygen atoms in total. The molecule has 2 unspecified atom stereocenters. The Hall–Kier alpha value is -0.610. The summed E-state index contributed by atoms with van der Waals surface area (Å²) in [4.78, 5) is 14.3. The topological polar surface area (TPSA) is 55.6 Å². The molecule has 1 amide bonds. The SMILES string of the molecule is NCCCC1CCCN1C(=O)C1CCOC1. The second-order valence-electron chi connectivity index (χ2n) is 4.82. The van der Waals surface area contributed by atoms with Gasteiger partial charge in [0.2, 0.25) is 5.91 Å². The predicted octanol–water partition coefficient (Wildman–Crippen LogP) is 0.753. The molecule has 2 aliphatic heterocycles. The largest absolute Gasteiger partial charge is 0.381 e. The average molecular weight is 226 g/mol. The summed E-state index contributed by atoms with van der Waals surface area (Å²) in [6.45, 7) is 3.03. The molecule has 2 fully saturated rings. The molecule has 4 heteroatoms. The summed E-state index contributed by atoms with van der Waals surface area (Å²) in [5.74, 6) is 0.440. The Morgan fingerprint density at radius 2 is 2.31 bits per heavy atom. The average Bonchev–Trinajstić information content (AvgIpc) is 2.96. The first kappa shape index (κ1) is 11.9.